The second-order valence-electron chi connectivity index (χ2n) is 13.1. The molecule has 3 N–H and O–H groups in total. The highest BCUT2D eigenvalue weighted by molar-refractivity contribution is 5.95. The number of allylic oxidation sites excluding steroid dienone is 1. The molecule has 2 saturated heterocycles. The first-order valence-corrected chi connectivity index (χ1v) is 16.8. The first-order valence-electron chi connectivity index (χ1n) is 16.8. The smallest absolute Gasteiger partial charge is 0.138 e. The van der Waals surface area contributed by atoms with Crippen LogP contribution in [0.25, 0.3) is 39.1 Å². The van der Waals surface area contributed by atoms with E-state index >= 15 is 0 Å². The molecule has 0 amide bonds. The van der Waals surface area contributed by atoms with Crippen molar-refractivity contribution in [1.82, 2.24) is 35.4 Å². The van der Waals surface area contributed by atoms with E-state index < -0.39 is 0 Å². The zero-order valence-corrected chi connectivity index (χ0v) is 26.7. The van der Waals surface area contributed by atoms with Gasteiger partial charge in [-0.2, -0.15) is 5.10 Å². The maximum atomic E-state index is 14.9. The van der Waals surface area contributed by atoms with Gasteiger partial charge in [-0.25, -0.2) is 4.39 Å². The number of ether oxygens (including phenoxy) is 2. The minimum Gasteiger partial charge on any atom is -0.492 e. The summed E-state index contributed by atoms with van der Waals surface area (Å²) >= 11 is 0. The largest absolute Gasteiger partial charge is 0.492 e. The fraction of sp³-hybridized carbons (Fsp3) is 0.378. The molecule has 9 nitrogen and oxygen atoms in total. The lowest BCUT2D eigenvalue weighted by atomic mass is 9.86. The van der Waals surface area contributed by atoms with Crippen LogP contribution in [0, 0.1) is 11.7 Å². The Morgan fingerprint density at radius 2 is 1.81 bits per heavy atom. The molecule has 1 aromatic carbocycles. The SMILES string of the molecule is CC1C=C(c2cc(F)cc(OCCN3CCCC3)c2)c2cc(-c3n[nH]c4cnc(-c5cncc(OC6CCNCC6)c5)cc34)[nH]c2C1. The number of piperidine rings is 1. The third kappa shape index (κ3) is 6.40. The van der Waals surface area contributed by atoms with Crippen molar-refractivity contribution in [1.29, 1.82) is 0 Å². The zero-order chi connectivity index (χ0) is 31.7. The van der Waals surface area contributed by atoms with Crippen LogP contribution in [0.3, 0.4) is 0 Å². The van der Waals surface area contributed by atoms with E-state index in [2.05, 4.69) is 50.4 Å². The number of pyridine rings is 2. The molecular formula is C37H40FN7O2. The lowest BCUT2D eigenvalue weighted by Crippen LogP contribution is -2.34. The average molecular weight is 634 g/mol. The second-order valence-corrected chi connectivity index (χ2v) is 13.1. The summed E-state index contributed by atoms with van der Waals surface area (Å²) in [6.07, 6.45) is 13.1. The number of hydrogen-bond acceptors (Lipinski definition) is 7. The van der Waals surface area contributed by atoms with Crippen molar-refractivity contribution in [3.63, 3.8) is 0 Å². The Balaban J connectivity index is 1.07. The minimum atomic E-state index is -0.298. The monoisotopic (exact) mass is 633 g/mol. The summed E-state index contributed by atoms with van der Waals surface area (Å²) in [7, 11) is 0. The highest BCUT2D eigenvalue weighted by Crippen LogP contribution is 2.39. The van der Waals surface area contributed by atoms with Crippen LogP contribution >= 0.6 is 0 Å². The second kappa shape index (κ2) is 12.9. The van der Waals surface area contributed by atoms with Crippen molar-refractivity contribution in [2.75, 3.05) is 39.3 Å². The Bertz CT molecular complexity index is 1920. The first-order chi connectivity index (χ1) is 23.1. The third-order valence-corrected chi connectivity index (χ3v) is 9.52. The van der Waals surface area contributed by atoms with Gasteiger partial charge in [0.05, 0.1) is 29.3 Å². The number of fused-ring (bicyclic) bond motifs is 2. The third-order valence-electron chi connectivity index (χ3n) is 9.52. The number of likely N-dealkylation sites (tertiary alicyclic amines) is 1. The Hall–Kier alpha value is -4.54. The molecule has 47 heavy (non-hydrogen) atoms. The normalized spacial score (nSPS) is 18.8. The molecule has 5 aromatic rings. The van der Waals surface area contributed by atoms with Gasteiger partial charge in [0.15, 0.2) is 0 Å². The van der Waals surface area contributed by atoms with Crippen LogP contribution in [0.5, 0.6) is 11.5 Å². The molecule has 6 heterocycles. The van der Waals surface area contributed by atoms with Crippen LogP contribution < -0.4 is 14.8 Å². The Morgan fingerprint density at radius 3 is 2.68 bits per heavy atom. The van der Waals surface area contributed by atoms with E-state index in [1.165, 1.54) is 18.9 Å². The van der Waals surface area contributed by atoms with Crippen LogP contribution in [-0.2, 0) is 6.42 Å². The highest BCUT2D eigenvalue weighted by Gasteiger charge is 2.24. The number of rotatable bonds is 9. The Kier molecular flexibility index (Phi) is 8.21. The Labute approximate surface area is 273 Å². The molecule has 1 atom stereocenters. The molecule has 8 rings (SSSR count). The number of benzene rings is 1. The van der Waals surface area contributed by atoms with E-state index in [0.29, 0.717) is 12.4 Å². The lowest BCUT2D eigenvalue weighted by Gasteiger charge is -2.23. The number of nitrogens with one attached hydrogen (secondary N) is 3. The van der Waals surface area contributed by atoms with Gasteiger partial charge in [-0.1, -0.05) is 13.0 Å². The van der Waals surface area contributed by atoms with Gasteiger partial charge < -0.3 is 19.8 Å². The van der Waals surface area contributed by atoms with Crippen molar-refractivity contribution in [2.24, 2.45) is 5.92 Å². The van der Waals surface area contributed by atoms with Gasteiger partial charge in [0.2, 0.25) is 0 Å². The van der Waals surface area contributed by atoms with Crippen molar-refractivity contribution in [3.05, 3.63) is 83.7 Å². The number of aromatic nitrogens is 5. The Morgan fingerprint density at radius 1 is 0.957 bits per heavy atom. The fourth-order valence-electron chi connectivity index (χ4n) is 7.14. The van der Waals surface area contributed by atoms with Crippen LogP contribution in [-0.4, -0.2) is 75.5 Å². The summed E-state index contributed by atoms with van der Waals surface area (Å²) < 4.78 is 27.2. The van der Waals surface area contributed by atoms with Gasteiger partial charge in [-0.05, 0) is 106 Å². The molecule has 3 aliphatic rings. The van der Waals surface area contributed by atoms with Crippen LogP contribution in [0.4, 0.5) is 4.39 Å². The maximum absolute atomic E-state index is 14.9. The molecule has 0 spiro atoms. The molecule has 2 fully saturated rings. The summed E-state index contributed by atoms with van der Waals surface area (Å²) in [5.41, 5.74) is 8.23. The number of halogens is 1. The molecule has 0 saturated carbocycles. The van der Waals surface area contributed by atoms with Crippen molar-refractivity contribution in [2.45, 2.75) is 45.1 Å². The van der Waals surface area contributed by atoms with Crippen molar-refractivity contribution in [3.8, 4) is 34.1 Å². The van der Waals surface area contributed by atoms with E-state index in [-0.39, 0.29) is 17.8 Å². The average Bonchev–Trinajstić information content (AvgIpc) is 3.85. The van der Waals surface area contributed by atoms with Crippen molar-refractivity contribution < 1.29 is 13.9 Å². The number of hydrogen-bond donors (Lipinski definition) is 3. The summed E-state index contributed by atoms with van der Waals surface area (Å²) in [4.78, 5) is 15.2. The quantitative estimate of drug-likeness (QED) is 0.173. The predicted molar refractivity (Wildman–Crippen MR) is 181 cm³/mol. The standard InChI is InChI=1S/C37H40FN7O2/c1-23-12-30(24-14-26(38)17-28(15-24)46-11-10-45-8-2-3-9-45)31-18-35(42-34(31)13-23)37-32-19-33(41-22-36(32)43-44-37)25-16-29(21-40-20-25)47-27-4-6-39-7-5-27/h12,14-23,27,39,42H,2-11,13H2,1H3,(H,43,44). The van der Waals surface area contributed by atoms with E-state index in [9.17, 15) is 4.39 Å². The molecule has 0 bridgehead atoms. The molecule has 4 aromatic heterocycles. The van der Waals surface area contributed by atoms with Crippen LogP contribution in [0.1, 0.15) is 49.4 Å². The zero-order valence-electron chi connectivity index (χ0n) is 26.7. The summed E-state index contributed by atoms with van der Waals surface area (Å²) in [6, 6.07) is 11.3. The van der Waals surface area contributed by atoms with Gasteiger partial charge >= 0.3 is 0 Å². The molecule has 1 unspecified atom stereocenters. The summed E-state index contributed by atoms with van der Waals surface area (Å²) in [5.74, 6) is 1.30. The minimum absolute atomic E-state index is 0.191. The lowest BCUT2D eigenvalue weighted by molar-refractivity contribution is 0.162. The highest BCUT2D eigenvalue weighted by atomic mass is 19.1. The van der Waals surface area contributed by atoms with Gasteiger partial charge in [0, 0.05) is 41.0 Å². The fourth-order valence-corrected chi connectivity index (χ4v) is 7.14. The van der Waals surface area contributed by atoms with Gasteiger partial charge in [0.1, 0.15) is 35.7 Å². The van der Waals surface area contributed by atoms with Crippen LogP contribution in [0.2, 0.25) is 0 Å². The predicted octanol–water partition coefficient (Wildman–Crippen LogP) is 6.38. The first kappa shape index (κ1) is 29.8. The number of H-pyrrole nitrogens is 2. The summed E-state index contributed by atoms with van der Waals surface area (Å²) in [6.45, 7) is 7.76. The van der Waals surface area contributed by atoms with Gasteiger partial charge in [-0.3, -0.25) is 20.0 Å². The molecular weight excluding hydrogens is 593 g/mol. The summed E-state index contributed by atoms with van der Waals surface area (Å²) in [5, 5.41) is 12.2. The van der Waals surface area contributed by atoms with Gasteiger partial charge in [-0.15, -0.1) is 0 Å². The van der Waals surface area contributed by atoms with E-state index in [0.717, 1.165) is 114 Å². The molecule has 0 radical (unpaired) electrons. The molecule has 242 valence electrons. The van der Waals surface area contributed by atoms with Crippen LogP contribution in [0.15, 0.2) is 61.1 Å². The number of aromatic amines is 2. The van der Waals surface area contributed by atoms with Crippen molar-refractivity contribution >= 4 is 16.5 Å². The molecule has 2 aliphatic heterocycles. The molecule has 10 heteroatoms. The molecule has 1 aliphatic carbocycles. The number of nitrogens with zero attached hydrogens (tertiary/aromatic N) is 4. The van der Waals surface area contributed by atoms with Gasteiger partial charge in [0.25, 0.3) is 0 Å². The topological polar surface area (TPSA) is 104 Å². The van der Waals surface area contributed by atoms with E-state index in [4.69, 9.17) is 19.6 Å². The van der Waals surface area contributed by atoms with E-state index in [1.54, 1.807) is 12.3 Å². The van der Waals surface area contributed by atoms with E-state index in [1.807, 2.05) is 24.5 Å². The maximum Gasteiger partial charge on any atom is 0.138 e.